The third kappa shape index (κ3) is 1.46. The number of rotatable bonds is 3. The van der Waals surface area contributed by atoms with Crippen molar-refractivity contribution >= 4 is 11.8 Å². The molecule has 1 unspecified atom stereocenters. The van der Waals surface area contributed by atoms with Crippen LogP contribution in [-0.4, -0.2) is 11.0 Å². The molecule has 1 heteroatoms. The molecule has 0 spiro atoms. The molecule has 0 aromatic rings. The van der Waals surface area contributed by atoms with Crippen molar-refractivity contribution in [3.63, 3.8) is 0 Å². The summed E-state index contributed by atoms with van der Waals surface area (Å²) in [7, 11) is 0. The first-order chi connectivity index (χ1) is 4.58. The lowest BCUT2D eigenvalue weighted by Gasteiger charge is -2.21. The molecule has 0 radical (unpaired) electrons. The molecule has 0 saturated carbocycles. The average molecular weight is 154 g/mol. The molecule has 10 heavy (non-hydrogen) atoms. The van der Waals surface area contributed by atoms with Gasteiger partial charge in [0.15, 0.2) is 0 Å². The van der Waals surface area contributed by atoms with Crippen molar-refractivity contribution < 1.29 is 0 Å². The maximum Gasteiger partial charge on any atom is 0.0353 e. The van der Waals surface area contributed by atoms with Crippen LogP contribution in [0.5, 0.6) is 0 Å². The van der Waals surface area contributed by atoms with E-state index in [0.29, 0.717) is 5.25 Å². The average Bonchev–Trinajstić information content (AvgIpc) is 2.68. The van der Waals surface area contributed by atoms with E-state index in [-0.39, 0.29) is 5.41 Å². The lowest BCUT2D eigenvalue weighted by atomic mass is 9.84. The topological polar surface area (TPSA) is 0 Å². The normalized spacial score (nSPS) is 24.0. The summed E-state index contributed by atoms with van der Waals surface area (Å²) in [6.45, 7) is 12.2. The molecule has 1 saturated heterocycles. The van der Waals surface area contributed by atoms with Crippen molar-refractivity contribution in [2.24, 2.45) is 5.41 Å². The fraction of sp³-hybridized carbons (Fsp3) is 0.556. The standard InChI is InChI=1S/C9H14S/c1-5-9(3,4)7(2)8-6-10-8/h5,8H,1-2,6H2,3-4H3. The lowest BCUT2D eigenvalue weighted by molar-refractivity contribution is 0.575. The second-order valence-corrected chi connectivity index (χ2v) is 4.51. The third-order valence-corrected chi connectivity index (χ3v) is 3.01. The Labute approximate surface area is 67.4 Å². The molecule has 1 heterocycles. The first-order valence-corrected chi connectivity index (χ1v) is 4.57. The fourth-order valence-electron chi connectivity index (χ4n) is 0.795. The van der Waals surface area contributed by atoms with E-state index in [9.17, 15) is 0 Å². The van der Waals surface area contributed by atoms with E-state index in [2.05, 4.69) is 27.0 Å². The van der Waals surface area contributed by atoms with Crippen molar-refractivity contribution in [1.29, 1.82) is 0 Å². The minimum absolute atomic E-state index is 0.133. The minimum atomic E-state index is 0.133. The van der Waals surface area contributed by atoms with E-state index >= 15 is 0 Å². The molecule has 0 N–H and O–H groups in total. The molecule has 0 amide bonds. The Morgan fingerprint density at radius 3 is 2.50 bits per heavy atom. The van der Waals surface area contributed by atoms with Crippen molar-refractivity contribution in [3.05, 3.63) is 24.8 Å². The second-order valence-electron chi connectivity index (χ2n) is 3.27. The fourth-order valence-corrected chi connectivity index (χ4v) is 1.60. The van der Waals surface area contributed by atoms with Gasteiger partial charge in [0.25, 0.3) is 0 Å². The van der Waals surface area contributed by atoms with Crippen LogP contribution >= 0.6 is 11.8 Å². The van der Waals surface area contributed by atoms with E-state index in [0.717, 1.165) is 0 Å². The first kappa shape index (κ1) is 7.93. The molecule has 0 nitrogen and oxygen atoms in total. The molecule has 0 aromatic carbocycles. The zero-order valence-electron chi connectivity index (χ0n) is 6.68. The summed E-state index contributed by atoms with van der Waals surface area (Å²) in [6.07, 6.45) is 1.98. The third-order valence-electron chi connectivity index (χ3n) is 2.06. The van der Waals surface area contributed by atoms with Crippen LogP contribution in [0, 0.1) is 5.41 Å². The van der Waals surface area contributed by atoms with Gasteiger partial charge in [-0.05, 0) is 0 Å². The molecule has 1 atom stereocenters. The van der Waals surface area contributed by atoms with Crippen LogP contribution in [0.2, 0.25) is 0 Å². The van der Waals surface area contributed by atoms with Crippen LogP contribution in [0.15, 0.2) is 24.8 Å². The van der Waals surface area contributed by atoms with Crippen molar-refractivity contribution in [2.75, 3.05) is 5.75 Å². The van der Waals surface area contributed by atoms with Gasteiger partial charge >= 0.3 is 0 Å². The largest absolute Gasteiger partial charge is 0.152 e. The van der Waals surface area contributed by atoms with Gasteiger partial charge in [-0.2, -0.15) is 11.8 Å². The highest BCUT2D eigenvalue weighted by Crippen LogP contribution is 2.43. The molecule has 1 aliphatic heterocycles. The maximum absolute atomic E-state index is 4.07. The number of thioether (sulfide) groups is 1. The Morgan fingerprint density at radius 2 is 2.20 bits per heavy atom. The van der Waals surface area contributed by atoms with E-state index in [1.807, 2.05) is 17.8 Å². The molecule has 0 aliphatic carbocycles. The smallest absolute Gasteiger partial charge is 0.0353 e. The van der Waals surface area contributed by atoms with Gasteiger partial charge in [-0.15, -0.1) is 6.58 Å². The monoisotopic (exact) mass is 154 g/mol. The van der Waals surface area contributed by atoms with Crippen molar-refractivity contribution in [2.45, 2.75) is 19.1 Å². The van der Waals surface area contributed by atoms with Crippen LogP contribution in [0.3, 0.4) is 0 Å². The summed E-state index contributed by atoms with van der Waals surface area (Å²) >= 11 is 1.97. The molecule has 1 aliphatic rings. The van der Waals surface area contributed by atoms with Gasteiger partial charge in [-0.25, -0.2) is 0 Å². The van der Waals surface area contributed by atoms with Crippen molar-refractivity contribution in [1.82, 2.24) is 0 Å². The van der Waals surface area contributed by atoms with Crippen LogP contribution in [0.1, 0.15) is 13.8 Å². The summed E-state index contributed by atoms with van der Waals surface area (Å²) in [5.74, 6) is 1.26. The van der Waals surface area contributed by atoms with Crippen LogP contribution < -0.4 is 0 Å². The lowest BCUT2D eigenvalue weighted by Crippen LogP contribution is -2.13. The van der Waals surface area contributed by atoms with Gasteiger partial charge in [0, 0.05) is 16.4 Å². The molecular weight excluding hydrogens is 140 g/mol. The summed E-state index contributed by atoms with van der Waals surface area (Å²) in [4.78, 5) is 0. The zero-order valence-corrected chi connectivity index (χ0v) is 7.50. The Balaban J connectivity index is 2.61. The highest BCUT2D eigenvalue weighted by molar-refractivity contribution is 8.07. The molecule has 0 aromatic heterocycles. The first-order valence-electron chi connectivity index (χ1n) is 3.52. The molecule has 1 fully saturated rings. The van der Waals surface area contributed by atoms with Gasteiger partial charge in [-0.3, -0.25) is 0 Å². The molecular formula is C9H14S. The maximum atomic E-state index is 4.07. The molecule has 56 valence electrons. The minimum Gasteiger partial charge on any atom is -0.152 e. The number of hydrogen-bond donors (Lipinski definition) is 0. The zero-order chi connectivity index (χ0) is 7.78. The summed E-state index contributed by atoms with van der Waals surface area (Å²) in [6, 6.07) is 0. The highest BCUT2D eigenvalue weighted by Gasteiger charge is 2.32. The van der Waals surface area contributed by atoms with Crippen LogP contribution in [0.4, 0.5) is 0 Å². The predicted molar refractivity (Wildman–Crippen MR) is 49.4 cm³/mol. The summed E-state index contributed by atoms with van der Waals surface area (Å²) in [5.41, 5.74) is 1.46. The van der Waals surface area contributed by atoms with E-state index in [1.54, 1.807) is 0 Å². The summed E-state index contributed by atoms with van der Waals surface area (Å²) in [5, 5.41) is 0.716. The van der Waals surface area contributed by atoms with E-state index in [4.69, 9.17) is 0 Å². The van der Waals surface area contributed by atoms with Gasteiger partial charge in [0.05, 0.1) is 0 Å². The Hall–Kier alpha value is -0.170. The Morgan fingerprint density at radius 1 is 1.70 bits per heavy atom. The number of hydrogen-bond acceptors (Lipinski definition) is 1. The summed E-state index contributed by atoms with van der Waals surface area (Å²) < 4.78 is 0. The van der Waals surface area contributed by atoms with E-state index in [1.165, 1.54) is 11.3 Å². The van der Waals surface area contributed by atoms with Gasteiger partial charge < -0.3 is 0 Å². The van der Waals surface area contributed by atoms with Crippen LogP contribution in [-0.2, 0) is 0 Å². The molecule has 1 rings (SSSR count). The Kier molecular flexibility index (Phi) is 1.95. The SMILES string of the molecule is C=CC(C)(C)C(=C)C1CS1. The van der Waals surface area contributed by atoms with Crippen molar-refractivity contribution in [3.8, 4) is 0 Å². The number of allylic oxidation sites excluding steroid dienone is 1. The Bertz CT molecular complexity index is 164. The second kappa shape index (κ2) is 2.46. The molecule has 0 bridgehead atoms. The van der Waals surface area contributed by atoms with Gasteiger partial charge in [0.1, 0.15) is 0 Å². The van der Waals surface area contributed by atoms with Crippen LogP contribution in [0.25, 0.3) is 0 Å². The van der Waals surface area contributed by atoms with Gasteiger partial charge in [-0.1, -0.05) is 32.1 Å². The quantitative estimate of drug-likeness (QED) is 0.445. The van der Waals surface area contributed by atoms with Gasteiger partial charge in [0.2, 0.25) is 0 Å². The predicted octanol–water partition coefficient (Wildman–Crippen LogP) is 2.87. The highest BCUT2D eigenvalue weighted by atomic mass is 32.2. The van der Waals surface area contributed by atoms with E-state index < -0.39 is 0 Å².